The fourth-order valence-corrected chi connectivity index (χ4v) is 4.18. The van der Waals surface area contributed by atoms with Crippen LogP contribution in [0.5, 0.6) is 5.75 Å². The van der Waals surface area contributed by atoms with Crippen molar-refractivity contribution in [3.05, 3.63) is 95.7 Å². The van der Waals surface area contributed by atoms with E-state index in [4.69, 9.17) is 4.74 Å². The normalized spacial score (nSPS) is 13.8. The Kier molecular flexibility index (Phi) is 6.31. The third-order valence-corrected chi connectivity index (χ3v) is 5.91. The van der Waals surface area contributed by atoms with Gasteiger partial charge in [-0.15, -0.1) is 0 Å². The van der Waals surface area contributed by atoms with E-state index in [9.17, 15) is 9.59 Å². The molecule has 0 aromatic heterocycles. The zero-order valence-corrected chi connectivity index (χ0v) is 19.4. The minimum atomic E-state index is -0.355. The van der Waals surface area contributed by atoms with Gasteiger partial charge >= 0.3 is 0 Å². The zero-order chi connectivity index (χ0) is 23.5. The molecule has 2 amide bonds. The first-order valence-corrected chi connectivity index (χ1v) is 11.2. The highest BCUT2D eigenvalue weighted by Crippen LogP contribution is 2.39. The SMILES string of the molecule is CCN(C1=C(c2ccccc2OC)C(=O)N(c2ccc(C(C)C)cc2)C1=O)c1ccccc1. The summed E-state index contributed by atoms with van der Waals surface area (Å²) in [7, 11) is 1.57. The Hall–Kier alpha value is -3.86. The second kappa shape index (κ2) is 9.33. The van der Waals surface area contributed by atoms with Gasteiger partial charge in [-0.3, -0.25) is 9.59 Å². The van der Waals surface area contributed by atoms with Crippen LogP contribution in [0.25, 0.3) is 5.57 Å². The van der Waals surface area contributed by atoms with Crippen LogP contribution in [-0.4, -0.2) is 25.5 Å². The quantitative estimate of drug-likeness (QED) is 0.447. The van der Waals surface area contributed by atoms with Gasteiger partial charge in [-0.2, -0.15) is 0 Å². The van der Waals surface area contributed by atoms with Crippen molar-refractivity contribution in [2.45, 2.75) is 26.7 Å². The molecular weight excluding hydrogens is 412 g/mol. The number of benzene rings is 3. The Bertz CT molecular complexity index is 1200. The predicted molar refractivity (Wildman–Crippen MR) is 132 cm³/mol. The van der Waals surface area contributed by atoms with E-state index in [0.717, 1.165) is 11.3 Å². The van der Waals surface area contributed by atoms with E-state index < -0.39 is 0 Å². The lowest BCUT2D eigenvalue weighted by Gasteiger charge is -2.25. The molecule has 1 aliphatic heterocycles. The molecule has 0 bridgehead atoms. The van der Waals surface area contributed by atoms with Gasteiger partial charge in [0.2, 0.25) is 0 Å². The molecule has 0 spiro atoms. The molecular formula is C28H28N2O3. The molecule has 0 saturated heterocycles. The largest absolute Gasteiger partial charge is 0.496 e. The van der Waals surface area contributed by atoms with Gasteiger partial charge in [0.05, 0.1) is 18.4 Å². The molecule has 0 atom stereocenters. The molecule has 4 rings (SSSR count). The fourth-order valence-electron chi connectivity index (χ4n) is 4.18. The molecule has 5 nitrogen and oxygen atoms in total. The number of likely N-dealkylation sites (N-methyl/N-ethyl adjacent to an activating group) is 1. The number of methoxy groups -OCH3 is 1. The van der Waals surface area contributed by atoms with Crippen molar-refractivity contribution >= 4 is 28.8 Å². The lowest BCUT2D eigenvalue weighted by atomic mass is 10.0. The van der Waals surface area contributed by atoms with Crippen LogP contribution in [0, 0.1) is 0 Å². The molecule has 1 heterocycles. The van der Waals surface area contributed by atoms with Crippen LogP contribution < -0.4 is 14.5 Å². The molecule has 3 aromatic carbocycles. The summed E-state index contributed by atoms with van der Waals surface area (Å²) in [5.41, 5.74) is 3.85. The molecule has 33 heavy (non-hydrogen) atoms. The number of imide groups is 1. The molecule has 0 radical (unpaired) electrons. The summed E-state index contributed by atoms with van der Waals surface area (Å²) in [6.45, 7) is 6.72. The molecule has 0 unspecified atom stereocenters. The van der Waals surface area contributed by atoms with E-state index in [2.05, 4.69) is 13.8 Å². The second-order valence-corrected chi connectivity index (χ2v) is 8.20. The van der Waals surface area contributed by atoms with E-state index in [1.165, 1.54) is 4.90 Å². The molecule has 0 saturated carbocycles. The van der Waals surface area contributed by atoms with Gasteiger partial charge in [0.15, 0.2) is 0 Å². The van der Waals surface area contributed by atoms with Crippen molar-refractivity contribution in [3.8, 4) is 5.75 Å². The molecule has 0 N–H and O–H groups in total. The Morgan fingerprint density at radius 3 is 2.09 bits per heavy atom. The van der Waals surface area contributed by atoms with Gasteiger partial charge in [0, 0.05) is 17.8 Å². The molecule has 0 aliphatic carbocycles. The highest BCUT2D eigenvalue weighted by molar-refractivity contribution is 6.46. The van der Waals surface area contributed by atoms with Crippen molar-refractivity contribution in [1.29, 1.82) is 0 Å². The Labute approximate surface area is 194 Å². The number of para-hydroxylation sites is 2. The first-order chi connectivity index (χ1) is 16.0. The van der Waals surface area contributed by atoms with E-state index in [1.807, 2.05) is 84.6 Å². The summed E-state index contributed by atoms with van der Waals surface area (Å²) in [5, 5.41) is 0. The van der Waals surface area contributed by atoms with E-state index in [0.29, 0.717) is 40.7 Å². The number of hydrogen-bond acceptors (Lipinski definition) is 4. The molecule has 0 fully saturated rings. The first kappa shape index (κ1) is 22.3. The summed E-state index contributed by atoms with van der Waals surface area (Å²) in [5.74, 6) is 0.206. The number of amides is 2. The number of carbonyl (C=O) groups excluding carboxylic acids is 2. The van der Waals surface area contributed by atoms with Crippen LogP contribution in [-0.2, 0) is 9.59 Å². The van der Waals surface area contributed by atoms with Crippen molar-refractivity contribution in [1.82, 2.24) is 0 Å². The number of anilines is 2. The summed E-state index contributed by atoms with van der Waals surface area (Å²) in [6, 6.07) is 24.6. The van der Waals surface area contributed by atoms with Crippen molar-refractivity contribution in [3.63, 3.8) is 0 Å². The summed E-state index contributed by atoms with van der Waals surface area (Å²) < 4.78 is 5.56. The van der Waals surface area contributed by atoms with Crippen LogP contribution >= 0.6 is 0 Å². The van der Waals surface area contributed by atoms with Gasteiger partial charge in [0.25, 0.3) is 11.8 Å². The fraction of sp³-hybridized carbons (Fsp3) is 0.214. The van der Waals surface area contributed by atoms with E-state index in [1.54, 1.807) is 13.2 Å². The van der Waals surface area contributed by atoms with Gasteiger partial charge in [-0.25, -0.2) is 4.90 Å². The first-order valence-electron chi connectivity index (χ1n) is 11.2. The average Bonchev–Trinajstić information content (AvgIpc) is 3.10. The number of carbonyl (C=O) groups is 2. The maximum absolute atomic E-state index is 13.9. The zero-order valence-electron chi connectivity index (χ0n) is 19.4. The minimum absolute atomic E-state index is 0.344. The monoisotopic (exact) mass is 440 g/mol. The standard InChI is InChI=1S/C28H28N2O3/c1-5-29(21-11-7-6-8-12-21)26-25(23-13-9-10-14-24(23)33-4)27(31)30(28(26)32)22-17-15-20(16-18-22)19(2)3/h6-19H,5H2,1-4H3. The van der Waals surface area contributed by atoms with Crippen molar-refractivity contribution in [2.75, 3.05) is 23.5 Å². The number of hydrogen-bond donors (Lipinski definition) is 0. The van der Waals surface area contributed by atoms with E-state index >= 15 is 0 Å². The van der Waals surface area contributed by atoms with Gasteiger partial charge in [-0.1, -0.05) is 62.4 Å². The number of nitrogens with zero attached hydrogens (tertiary/aromatic N) is 2. The number of ether oxygens (including phenoxy) is 1. The number of rotatable bonds is 7. The second-order valence-electron chi connectivity index (χ2n) is 8.20. The third-order valence-electron chi connectivity index (χ3n) is 5.91. The molecule has 5 heteroatoms. The van der Waals surface area contributed by atoms with Crippen LogP contribution in [0.1, 0.15) is 37.8 Å². The smallest absolute Gasteiger partial charge is 0.282 e. The van der Waals surface area contributed by atoms with Crippen LogP contribution in [0.2, 0.25) is 0 Å². The van der Waals surface area contributed by atoms with Gasteiger partial charge in [-0.05, 0) is 48.7 Å². The summed E-state index contributed by atoms with van der Waals surface area (Å²) in [4.78, 5) is 30.9. The average molecular weight is 441 g/mol. The molecule has 1 aliphatic rings. The minimum Gasteiger partial charge on any atom is -0.496 e. The summed E-state index contributed by atoms with van der Waals surface area (Å²) in [6.07, 6.45) is 0. The Morgan fingerprint density at radius 2 is 1.48 bits per heavy atom. The summed E-state index contributed by atoms with van der Waals surface area (Å²) >= 11 is 0. The molecule has 3 aromatic rings. The van der Waals surface area contributed by atoms with Gasteiger partial charge < -0.3 is 9.64 Å². The Balaban J connectivity index is 1.90. The lowest BCUT2D eigenvalue weighted by molar-refractivity contribution is -0.120. The van der Waals surface area contributed by atoms with Crippen LogP contribution in [0.3, 0.4) is 0 Å². The maximum Gasteiger partial charge on any atom is 0.282 e. The lowest BCUT2D eigenvalue weighted by Crippen LogP contribution is -2.35. The van der Waals surface area contributed by atoms with E-state index in [-0.39, 0.29) is 11.8 Å². The maximum atomic E-state index is 13.9. The van der Waals surface area contributed by atoms with Crippen LogP contribution in [0.4, 0.5) is 11.4 Å². The third kappa shape index (κ3) is 4.02. The topological polar surface area (TPSA) is 49.9 Å². The van der Waals surface area contributed by atoms with Crippen molar-refractivity contribution < 1.29 is 14.3 Å². The Morgan fingerprint density at radius 1 is 0.848 bits per heavy atom. The predicted octanol–water partition coefficient (Wildman–Crippen LogP) is 5.63. The highest BCUT2D eigenvalue weighted by Gasteiger charge is 2.43. The highest BCUT2D eigenvalue weighted by atomic mass is 16.5. The molecule has 168 valence electrons. The van der Waals surface area contributed by atoms with Crippen molar-refractivity contribution in [2.24, 2.45) is 0 Å². The van der Waals surface area contributed by atoms with Gasteiger partial charge in [0.1, 0.15) is 11.4 Å². The van der Waals surface area contributed by atoms with Crippen LogP contribution in [0.15, 0.2) is 84.6 Å².